The van der Waals surface area contributed by atoms with E-state index in [9.17, 15) is 19.7 Å². The normalized spacial score (nSPS) is 10.2. The molecule has 24 heavy (non-hydrogen) atoms. The summed E-state index contributed by atoms with van der Waals surface area (Å²) in [6.45, 7) is 1.81. The number of esters is 1. The SMILES string of the molecule is CCOC(=O)CNC(=O)NCc1ccc([N+](=O)[O-])c2ncccc12. The summed E-state index contributed by atoms with van der Waals surface area (Å²) >= 11 is 0. The van der Waals surface area contributed by atoms with Crippen LogP contribution in [0.15, 0.2) is 30.5 Å². The first-order valence-electron chi connectivity index (χ1n) is 7.21. The lowest BCUT2D eigenvalue weighted by Crippen LogP contribution is -2.38. The zero-order chi connectivity index (χ0) is 17.5. The van der Waals surface area contributed by atoms with E-state index in [0.717, 1.165) is 0 Å². The molecule has 0 radical (unpaired) electrons. The molecule has 0 fully saturated rings. The Balaban J connectivity index is 2.06. The molecule has 0 saturated heterocycles. The highest BCUT2D eigenvalue weighted by Gasteiger charge is 2.15. The van der Waals surface area contributed by atoms with Crippen molar-refractivity contribution in [1.82, 2.24) is 15.6 Å². The van der Waals surface area contributed by atoms with Crippen molar-refractivity contribution in [2.45, 2.75) is 13.5 Å². The minimum Gasteiger partial charge on any atom is -0.465 e. The van der Waals surface area contributed by atoms with Crippen LogP contribution in [0.25, 0.3) is 10.9 Å². The second-order valence-electron chi connectivity index (χ2n) is 4.74. The van der Waals surface area contributed by atoms with E-state index in [0.29, 0.717) is 10.9 Å². The van der Waals surface area contributed by atoms with Crippen LogP contribution in [-0.2, 0) is 16.1 Å². The van der Waals surface area contributed by atoms with Gasteiger partial charge in [-0.15, -0.1) is 0 Å². The van der Waals surface area contributed by atoms with Crippen LogP contribution >= 0.6 is 0 Å². The molecule has 2 N–H and O–H groups in total. The van der Waals surface area contributed by atoms with Gasteiger partial charge in [0.1, 0.15) is 12.1 Å². The molecule has 0 saturated carbocycles. The molecule has 0 aliphatic carbocycles. The number of ether oxygens (including phenoxy) is 1. The summed E-state index contributed by atoms with van der Waals surface area (Å²) in [6, 6.07) is 5.73. The van der Waals surface area contributed by atoms with Crippen molar-refractivity contribution in [2.75, 3.05) is 13.2 Å². The van der Waals surface area contributed by atoms with Gasteiger partial charge in [0.05, 0.1) is 11.5 Å². The Morgan fingerprint density at radius 2 is 2.08 bits per heavy atom. The van der Waals surface area contributed by atoms with Crippen molar-refractivity contribution in [3.8, 4) is 0 Å². The van der Waals surface area contributed by atoms with Crippen LogP contribution in [0, 0.1) is 10.1 Å². The lowest BCUT2D eigenvalue weighted by molar-refractivity contribution is -0.383. The first kappa shape index (κ1) is 17.1. The molecule has 1 aromatic heterocycles. The number of aromatic nitrogens is 1. The molecule has 0 unspecified atom stereocenters. The van der Waals surface area contributed by atoms with Gasteiger partial charge < -0.3 is 15.4 Å². The van der Waals surface area contributed by atoms with Gasteiger partial charge in [-0.25, -0.2) is 9.78 Å². The van der Waals surface area contributed by atoms with E-state index in [2.05, 4.69) is 15.6 Å². The van der Waals surface area contributed by atoms with Crippen molar-refractivity contribution in [3.63, 3.8) is 0 Å². The Labute approximate surface area is 137 Å². The molecule has 0 bridgehead atoms. The molecule has 0 aliphatic heterocycles. The number of carbonyl (C=O) groups excluding carboxylic acids is 2. The van der Waals surface area contributed by atoms with Gasteiger partial charge >= 0.3 is 12.0 Å². The molecule has 126 valence electrons. The molecule has 0 aliphatic rings. The third-order valence-corrected chi connectivity index (χ3v) is 3.17. The number of nitro groups is 1. The predicted octanol–water partition coefficient (Wildman–Crippen LogP) is 1.51. The summed E-state index contributed by atoms with van der Waals surface area (Å²) in [5.74, 6) is -0.530. The Bertz CT molecular complexity index is 778. The number of benzene rings is 1. The average molecular weight is 332 g/mol. The number of amides is 2. The molecular weight excluding hydrogens is 316 g/mol. The van der Waals surface area contributed by atoms with Crippen molar-refractivity contribution in [2.24, 2.45) is 0 Å². The fraction of sp³-hybridized carbons (Fsp3) is 0.267. The summed E-state index contributed by atoms with van der Waals surface area (Å²) in [5.41, 5.74) is 0.838. The molecule has 1 aromatic carbocycles. The summed E-state index contributed by atoms with van der Waals surface area (Å²) in [6.07, 6.45) is 1.47. The Morgan fingerprint density at radius 3 is 2.79 bits per heavy atom. The number of urea groups is 1. The van der Waals surface area contributed by atoms with Crippen LogP contribution in [0.4, 0.5) is 10.5 Å². The summed E-state index contributed by atoms with van der Waals surface area (Å²) in [4.78, 5) is 37.4. The van der Waals surface area contributed by atoms with E-state index in [-0.39, 0.29) is 30.9 Å². The third kappa shape index (κ3) is 4.15. The fourth-order valence-electron chi connectivity index (χ4n) is 2.12. The molecular formula is C15H16N4O5. The maximum absolute atomic E-state index is 11.7. The van der Waals surface area contributed by atoms with E-state index in [4.69, 9.17) is 4.74 Å². The van der Waals surface area contributed by atoms with Gasteiger partial charge in [-0.05, 0) is 24.6 Å². The number of nitrogens with zero attached hydrogens (tertiary/aromatic N) is 2. The standard InChI is InChI=1S/C15H16N4O5/c1-2-24-13(20)9-18-15(21)17-8-10-5-6-12(19(22)23)14-11(10)4-3-7-16-14/h3-7H,2,8-9H2,1H3,(H2,17,18,21). The van der Waals surface area contributed by atoms with E-state index >= 15 is 0 Å². The van der Waals surface area contributed by atoms with Gasteiger partial charge in [-0.2, -0.15) is 0 Å². The lowest BCUT2D eigenvalue weighted by Gasteiger charge is -2.09. The maximum Gasteiger partial charge on any atom is 0.325 e. The number of hydrogen-bond acceptors (Lipinski definition) is 6. The van der Waals surface area contributed by atoms with Crippen LogP contribution in [0.5, 0.6) is 0 Å². The van der Waals surface area contributed by atoms with Gasteiger partial charge in [0.15, 0.2) is 0 Å². The molecule has 9 heteroatoms. The number of nitrogens with one attached hydrogen (secondary N) is 2. The second-order valence-corrected chi connectivity index (χ2v) is 4.74. The Hall–Kier alpha value is -3.23. The van der Waals surface area contributed by atoms with Gasteiger partial charge in [-0.1, -0.05) is 6.07 Å². The van der Waals surface area contributed by atoms with Gasteiger partial charge in [0.25, 0.3) is 5.69 Å². The van der Waals surface area contributed by atoms with Gasteiger partial charge in [-0.3, -0.25) is 14.9 Å². The monoisotopic (exact) mass is 332 g/mol. The zero-order valence-corrected chi connectivity index (χ0v) is 12.9. The number of fused-ring (bicyclic) bond motifs is 1. The van der Waals surface area contributed by atoms with Gasteiger partial charge in [0.2, 0.25) is 0 Å². The fourth-order valence-corrected chi connectivity index (χ4v) is 2.12. The number of pyridine rings is 1. The van der Waals surface area contributed by atoms with Crippen LogP contribution in [0.3, 0.4) is 0 Å². The van der Waals surface area contributed by atoms with Crippen molar-refractivity contribution in [3.05, 3.63) is 46.1 Å². The topological polar surface area (TPSA) is 123 Å². The van der Waals surface area contributed by atoms with E-state index in [1.807, 2.05) is 0 Å². The minimum atomic E-state index is -0.543. The van der Waals surface area contributed by atoms with Crippen molar-refractivity contribution in [1.29, 1.82) is 0 Å². The first-order chi connectivity index (χ1) is 11.5. The Kier molecular flexibility index (Phi) is 5.61. The number of non-ortho nitro benzene ring substituents is 1. The lowest BCUT2D eigenvalue weighted by atomic mass is 10.1. The van der Waals surface area contributed by atoms with Crippen molar-refractivity contribution >= 4 is 28.6 Å². The number of rotatable bonds is 6. The molecule has 2 aromatic rings. The average Bonchev–Trinajstić information content (AvgIpc) is 2.57. The highest BCUT2D eigenvalue weighted by molar-refractivity contribution is 5.90. The molecule has 2 amide bonds. The van der Waals surface area contributed by atoms with E-state index < -0.39 is 16.9 Å². The molecule has 0 spiro atoms. The minimum absolute atomic E-state index is 0.0962. The van der Waals surface area contributed by atoms with Crippen LogP contribution in [0.2, 0.25) is 0 Å². The number of nitro benzene ring substituents is 1. The highest BCUT2D eigenvalue weighted by atomic mass is 16.6. The second kappa shape index (κ2) is 7.86. The predicted molar refractivity (Wildman–Crippen MR) is 85.3 cm³/mol. The molecule has 1 heterocycles. The number of hydrogen-bond donors (Lipinski definition) is 2. The molecule has 0 atom stereocenters. The van der Waals surface area contributed by atoms with Crippen molar-refractivity contribution < 1.29 is 19.2 Å². The van der Waals surface area contributed by atoms with E-state index in [1.165, 1.54) is 12.3 Å². The zero-order valence-electron chi connectivity index (χ0n) is 12.9. The first-order valence-corrected chi connectivity index (χ1v) is 7.21. The van der Waals surface area contributed by atoms with Crippen LogP contribution in [0.1, 0.15) is 12.5 Å². The Morgan fingerprint density at radius 1 is 1.29 bits per heavy atom. The highest BCUT2D eigenvalue weighted by Crippen LogP contribution is 2.26. The van der Waals surface area contributed by atoms with Crippen LogP contribution in [-0.4, -0.2) is 35.1 Å². The molecule has 9 nitrogen and oxygen atoms in total. The summed E-state index contributed by atoms with van der Waals surface area (Å²) in [5, 5.41) is 16.6. The van der Waals surface area contributed by atoms with Gasteiger partial charge in [0, 0.05) is 24.2 Å². The smallest absolute Gasteiger partial charge is 0.325 e. The van der Waals surface area contributed by atoms with Crippen LogP contribution < -0.4 is 10.6 Å². The summed E-state index contributed by atoms with van der Waals surface area (Å²) in [7, 11) is 0. The maximum atomic E-state index is 11.7. The molecule has 2 rings (SSSR count). The summed E-state index contributed by atoms with van der Waals surface area (Å²) < 4.78 is 4.69. The van der Waals surface area contributed by atoms with E-state index in [1.54, 1.807) is 25.1 Å². The third-order valence-electron chi connectivity index (χ3n) is 3.17. The number of carbonyl (C=O) groups is 2. The quantitative estimate of drug-likeness (QED) is 0.469. The largest absolute Gasteiger partial charge is 0.465 e.